The van der Waals surface area contributed by atoms with Crippen LogP contribution in [-0.2, 0) is 0 Å². The molecule has 0 aliphatic rings. The van der Waals surface area contributed by atoms with Crippen LogP contribution in [0.2, 0.25) is 10.0 Å². The molecule has 106 valence electrons. The summed E-state index contributed by atoms with van der Waals surface area (Å²) in [5.41, 5.74) is 2.49. The molecular formula is C13H14Cl2N4O. The Bertz CT molecular complexity index is 619. The fourth-order valence-electron chi connectivity index (χ4n) is 1.49. The standard InChI is InChI=1S/C13H14Cl2N4O/c1-7(2)13-17-11(19-16)6-12(18-13)20-8-3-4-9(14)10(15)5-8/h3-7H,16H2,1-2H3,(H,17,18,19). The molecule has 7 heteroatoms. The van der Waals surface area contributed by atoms with E-state index in [1.165, 1.54) is 0 Å². The summed E-state index contributed by atoms with van der Waals surface area (Å²) < 4.78 is 5.66. The summed E-state index contributed by atoms with van der Waals surface area (Å²) in [5.74, 6) is 7.58. The first kappa shape index (κ1) is 14.8. The van der Waals surface area contributed by atoms with Gasteiger partial charge in [-0.15, -0.1) is 0 Å². The molecule has 0 amide bonds. The molecule has 1 aromatic carbocycles. The summed E-state index contributed by atoms with van der Waals surface area (Å²) in [6, 6.07) is 6.60. The molecule has 1 aromatic heterocycles. The number of hydrogen-bond donors (Lipinski definition) is 2. The van der Waals surface area contributed by atoms with Gasteiger partial charge in [-0.2, -0.15) is 4.98 Å². The summed E-state index contributed by atoms with van der Waals surface area (Å²) >= 11 is 11.8. The molecule has 5 nitrogen and oxygen atoms in total. The number of nitrogens with two attached hydrogens (primary N) is 1. The van der Waals surface area contributed by atoms with Crippen LogP contribution in [-0.4, -0.2) is 9.97 Å². The van der Waals surface area contributed by atoms with E-state index in [9.17, 15) is 0 Å². The highest BCUT2D eigenvalue weighted by molar-refractivity contribution is 6.42. The van der Waals surface area contributed by atoms with E-state index < -0.39 is 0 Å². The molecule has 0 radical (unpaired) electrons. The molecule has 0 aliphatic carbocycles. The van der Waals surface area contributed by atoms with E-state index in [0.717, 1.165) is 0 Å². The topological polar surface area (TPSA) is 73.1 Å². The Morgan fingerprint density at radius 3 is 2.50 bits per heavy atom. The molecule has 0 bridgehead atoms. The average Bonchev–Trinajstić information content (AvgIpc) is 2.42. The van der Waals surface area contributed by atoms with E-state index in [1.54, 1.807) is 24.3 Å². The maximum absolute atomic E-state index is 5.94. The highest BCUT2D eigenvalue weighted by Crippen LogP contribution is 2.29. The van der Waals surface area contributed by atoms with Gasteiger partial charge in [0.2, 0.25) is 5.88 Å². The van der Waals surface area contributed by atoms with Crippen LogP contribution in [0.1, 0.15) is 25.6 Å². The van der Waals surface area contributed by atoms with E-state index in [2.05, 4.69) is 15.4 Å². The van der Waals surface area contributed by atoms with Crippen LogP contribution < -0.4 is 16.0 Å². The lowest BCUT2D eigenvalue weighted by molar-refractivity contribution is 0.457. The summed E-state index contributed by atoms with van der Waals surface area (Å²) in [6.45, 7) is 3.97. The van der Waals surface area contributed by atoms with Gasteiger partial charge in [-0.05, 0) is 12.1 Å². The molecule has 0 atom stereocenters. The highest BCUT2D eigenvalue weighted by atomic mass is 35.5. The summed E-state index contributed by atoms with van der Waals surface area (Å²) in [4.78, 5) is 8.57. The maximum atomic E-state index is 5.94. The van der Waals surface area contributed by atoms with Gasteiger partial charge in [-0.3, -0.25) is 0 Å². The van der Waals surface area contributed by atoms with Gasteiger partial charge in [-0.25, -0.2) is 10.8 Å². The Morgan fingerprint density at radius 1 is 1.15 bits per heavy atom. The minimum atomic E-state index is 0.152. The van der Waals surface area contributed by atoms with Crippen LogP contribution in [0.15, 0.2) is 24.3 Å². The molecule has 0 fully saturated rings. The zero-order chi connectivity index (χ0) is 14.7. The van der Waals surface area contributed by atoms with Crippen molar-refractivity contribution in [3.05, 3.63) is 40.1 Å². The fraction of sp³-hybridized carbons (Fsp3) is 0.231. The van der Waals surface area contributed by atoms with Gasteiger partial charge in [0, 0.05) is 18.1 Å². The van der Waals surface area contributed by atoms with Crippen LogP contribution in [0.25, 0.3) is 0 Å². The number of nitrogens with zero attached hydrogens (tertiary/aromatic N) is 2. The number of hydrogen-bond acceptors (Lipinski definition) is 5. The van der Waals surface area contributed by atoms with Crippen molar-refractivity contribution in [2.45, 2.75) is 19.8 Å². The van der Waals surface area contributed by atoms with Crippen molar-refractivity contribution in [3.63, 3.8) is 0 Å². The third-order valence-corrected chi connectivity index (χ3v) is 3.24. The number of nitrogens with one attached hydrogen (secondary N) is 1. The summed E-state index contributed by atoms with van der Waals surface area (Å²) in [7, 11) is 0. The van der Waals surface area contributed by atoms with Crippen LogP contribution in [0, 0.1) is 0 Å². The van der Waals surface area contributed by atoms with E-state index in [1.807, 2.05) is 13.8 Å². The van der Waals surface area contributed by atoms with Crippen molar-refractivity contribution in [1.29, 1.82) is 0 Å². The molecule has 2 aromatic rings. The van der Waals surface area contributed by atoms with Crippen molar-refractivity contribution in [3.8, 4) is 11.6 Å². The second-order valence-corrected chi connectivity index (χ2v) is 5.24. The predicted molar refractivity (Wildman–Crippen MR) is 80.5 cm³/mol. The first-order valence-corrected chi connectivity index (χ1v) is 6.73. The van der Waals surface area contributed by atoms with Gasteiger partial charge >= 0.3 is 0 Å². The van der Waals surface area contributed by atoms with Crippen LogP contribution in [0.3, 0.4) is 0 Å². The fourth-order valence-corrected chi connectivity index (χ4v) is 1.78. The zero-order valence-corrected chi connectivity index (χ0v) is 12.5. The molecule has 20 heavy (non-hydrogen) atoms. The van der Waals surface area contributed by atoms with Gasteiger partial charge in [0.1, 0.15) is 17.4 Å². The van der Waals surface area contributed by atoms with Crippen molar-refractivity contribution in [2.75, 3.05) is 5.43 Å². The third kappa shape index (κ3) is 3.50. The lowest BCUT2D eigenvalue weighted by atomic mass is 10.2. The van der Waals surface area contributed by atoms with Gasteiger partial charge in [-0.1, -0.05) is 37.0 Å². The number of aromatic nitrogens is 2. The lowest BCUT2D eigenvalue weighted by Gasteiger charge is -2.11. The third-order valence-electron chi connectivity index (χ3n) is 2.50. The van der Waals surface area contributed by atoms with Gasteiger partial charge < -0.3 is 10.2 Å². The monoisotopic (exact) mass is 312 g/mol. The van der Waals surface area contributed by atoms with Gasteiger partial charge in [0.15, 0.2) is 0 Å². The molecule has 0 spiro atoms. The van der Waals surface area contributed by atoms with Crippen molar-refractivity contribution in [2.24, 2.45) is 5.84 Å². The molecular weight excluding hydrogens is 299 g/mol. The quantitative estimate of drug-likeness (QED) is 0.659. The smallest absolute Gasteiger partial charge is 0.224 e. The first-order chi connectivity index (χ1) is 9.49. The van der Waals surface area contributed by atoms with E-state index in [-0.39, 0.29) is 5.92 Å². The number of hydrazine groups is 1. The molecule has 0 unspecified atom stereocenters. The normalized spacial score (nSPS) is 10.7. The van der Waals surface area contributed by atoms with E-state index in [0.29, 0.717) is 33.3 Å². The highest BCUT2D eigenvalue weighted by Gasteiger charge is 2.10. The van der Waals surface area contributed by atoms with Crippen LogP contribution in [0.5, 0.6) is 11.6 Å². The molecule has 2 rings (SSSR count). The van der Waals surface area contributed by atoms with Gasteiger partial charge in [0.25, 0.3) is 0 Å². The number of rotatable bonds is 4. The number of halogens is 2. The Balaban J connectivity index is 2.32. The van der Waals surface area contributed by atoms with E-state index in [4.69, 9.17) is 33.8 Å². The Hall–Kier alpha value is -1.56. The second kappa shape index (κ2) is 6.26. The molecule has 3 N–H and O–H groups in total. The molecule has 0 saturated heterocycles. The van der Waals surface area contributed by atoms with E-state index >= 15 is 0 Å². The predicted octanol–water partition coefficient (Wildman–Crippen LogP) is 3.98. The number of benzene rings is 1. The molecule has 0 saturated carbocycles. The molecule has 1 heterocycles. The largest absolute Gasteiger partial charge is 0.439 e. The first-order valence-electron chi connectivity index (χ1n) is 5.98. The van der Waals surface area contributed by atoms with Crippen LogP contribution in [0.4, 0.5) is 5.82 Å². The minimum absolute atomic E-state index is 0.152. The number of anilines is 1. The van der Waals surface area contributed by atoms with Crippen molar-refractivity contribution < 1.29 is 4.74 Å². The lowest BCUT2D eigenvalue weighted by Crippen LogP contribution is -2.11. The number of ether oxygens (including phenoxy) is 1. The summed E-state index contributed by atoms with van der Waals surface area (Å²) in [6.07, 6.45) is 0. The SMILES string of the molecule is CC(C)c1nc(NN)cc(Oc2ccc(Cl)c(Cl)c2)n1. The zero-order valence-electron chi connectivity index (χ0n) is 11.0. The van der Waals surface area contributed by atoms with Crippen molar-refractivity contribution in [1.82, 2.24) is 9.97 Å². The second-order valence-electron chi connectivity index (χ2n) is 4.43. The van der Waals surface area contributed by atoms with Crippen molar-refractivity contribution >= 4 is 29.0 Å². The van der Waals surface area contributed by atoms with Crippen LogP contribution >= 0.6 is 23.2 Å². The Morgan fingerprint density at radius 2 is 1.90 bits per heavy atom. The number of nitrogen functional groups attached to an aromatic ring is 1. The summed E-state index contributed by atoms with van der Waals surface area (Å²) in [5, 5.41) is 0.883. The minimum Gasteiger partial charge on any atom is -0.439 e. The Kier molecular flexibility index (Phi) is 4.65. The van der Waals surface area contributed by atoms with Gasteiger partial charge in [0.05, 0.1) is 10.0 Å². The maximum Gasteiger partial charge on any atom is 0.224 e. The molecule has 0 aliphatic heterocycles. The Labute approximate surface area is 127 Å². The average molecular weight is 313 g/mol.